The first kappa shape index (κ1) is 10.7. The molecule has 1 N–H and O–H groups in total. The molecule has 0 aromatic heterocycles. The molecule has 2 nitrogen and oxygen atoms in total. The third-order valence-electron chi connectivity index (χ3n) is 2.02. The summed E-state index contributed by atoms with van der Waals surface area (Å²) < 4.78 is 0. The van der Waals surface area contributed by atoms with E-state index in [1.807, 2.05) is 30.3 Å². The van der Waals surface area contributed by atoms with Crippen molar-refractivity contribution in [2.24, 2.45) is 0 Å². The second kappa shape index (κ2) is 4.24. The largest absolute Gasteiger partial charge is 0.478 e. The van der Waals surface area contributed by atoms with Crippen molar-refractivity contribution in [3.05, 3.63) is 48.0 Å². The van der Waals surface area contributed by atoms with Crippen molar-refractivity contribution in [1.29, 1.82) is 0 Å². The van der Waals surface area contributed by atoms with Crippen LogP contribution in [0.25, 0.3) is 10.8 Å². The Bertz CT molecular complexity index is 460. The summed E-state index contributed by atoms with van der Waals surface area (Å²) in [5, 5.41) is 10.6. The van der Waals surface area contributed by atoms with Crippen molar-refractivity contribution in [1.82, 2.24) is 0 Å². The van der Waals surface area contributed by atoms with E-state index in [1.165, 1.54) is 0 Å². The average Bonchev–Trinajstić information content (AvgIpc) is 2.17. The first-order chi connectivity index (χ1) is 6.29. The molecule has 0 aliphatic carbocycles. The van der Waals surface area contributed by atoms with Gasteiger partial charge in [-0.3, -0.25) is 0 Å². The standard InChI is InChI=1S/C11H8O2.BrH/c12-11(13)10-7-3-5-8-4-1-2-6-9(8)10;/h1-7H,(H,12,13);1H. The number of carboxylic acid groups (broad SMARTS) is 1. The van der Waals surface area contributed by atoms with E-state index in [2.05, 4.69) is 0 Å². The minimum Gasteiger partial charge on any atom is -0.478 e. The maximum absolute atomic E-state index is 10.8. The van der Waals surface area contributed by atoms with Crippen LogP contribution in [0.5, 0.6) is 0 Å². The molecule has 0 aliphatic heterocycles. The van der Waals surface area contributed by atoms with Gasteiger partial charge in [-0.2, -0.15) is 0 Å². The lowest BCUT2D eigenvalue weighted by Gasteiger charge is -2.00. The Balaban J connectivity index is 0.000000980. The maximum atomic E-state index is 10.8. The minimum absolute atomic E-state index is 0. The molecular formula is C11H9BrO2. The van der Waals surface area contributed by atoms with Gasteiger partial charge in [-0.15, -0.1) is 17.0 Å². The Kier molecular flexibility index (Phi) is 3.25. The molecule has 0 spiro atoms. The molecule has 14 heavy (non-hydrogen) atoms. The molecule has 0 bridgehead atoms. The number of rotatable bonds is 1. The fraction of sp³-hybridized carbons (Fsp3) is 0. The zero-order chi connectivity index (χ0) is 9.26. The lowest BCUT2D eigenvalue weighted by Crippen LogP contribution is -1.96. The van der Waals surface area contributed by atoms with Crippen LogP contribution in [0.15, 0.2) is 42.5 Å². The van der Waals surface area contributed by atoms with E-state index in [0.29, 0.717) is 5.56 Å². The lowest BCUT2D eigenvalue weighted by molar-refractivity contribution is 0.0699. The number of hydrogen-bond donors (Lipinski definition) is 1. The fourth-order valence-electron chi connectivity index (χ4n) is 1.41. The van der Waals surface area contributed by atoms with Crippen LogP contribution in [-0.2, 0) is 0 Å². The van der Waals surface area contributed by atoms with Crippen LogP contribution in [0.2, 0.25) is 0 Å². The molecule has 0 amide bonds. The summed E-state index contributed by atoms with van der Waals surface area (Å²) in [5.41, 5.74) is 0.359. The summed E-state index contributed by atoms with van der Waals surface area (Å²) in [7, 11) is 0. The first-order valence-electron chi connectivity index (χ1n) is 4.00. The van der Waals surface area contributed by atoms with Gasteiger partial charge in [0.1, 0.15) is 0 Å². The van der Waals surface area contributed by atoms with E-state index in [9.17, 15) is 4.79 Å². The van der Waals surface area contributed by atoms with E-state index in [-0.39, 0.29) is 17.0 Å². The predicted octanol–water partition coefficient (Wildman–Crippen LogP) is 3.12. The van der Waals surface area contributed by atoms with Gasteiger partial charge in [0.05, 0.1) is 5.56 Å². The van der Waals surface area contributed by atoms with Gasteiger partial charge in [0.2, 0.25) is 0 Å². The van der Waals surface area contributed by atoms with Crippen LogP contribution < -0.4 is 0 Å². The molecule has 2 rings (SSSR count). The van der Waals surface area contributed by atoms with Crippen LogP contribution in [0.1, 0.15) is 10.4 Å². The van der Waals surface area contributed by atoms with Crippen molar-refractivity contribution >= 4 is 33.7 Å². The van der Waals surface area contributed by atoms with Crippen LogP contribution in [0.4, 0.5) is 0 Å². The van der Waals surface area contributed by atoms with Gasteiger partial charge in [0.25, 0.3) is 0 Å². The molecule has 0 atom stereocenters. The molecule has 0 fully saturated rings. The smallest absolute Gasteiger partial charge is 0.336 e. The van der Waals surface area contributed by atoms with E-state index >= 15 is 0 Å². The summed E-state index contributed by atoms with van der Waals surface area (Å²) in [4.78, 5) is 10.8. The molecule has 0 radical (unpaired) electrons. The summed E-state index contributed by atoms with van der Waals surface area (Å²) in [5.74, 6) is -0.878. The molecule has 3 heteroatoms. The topological polar surface area (TPSA) is 37.3 Å². The van der Waals surface area contributed by atoms with Crippen molar-refractivity contribution < 1.29 is 9.90 Å². The molecule has 72 valence electrons. The number of hydrogen-bond acceptors (Lipinski definition) is 1. The highest BCUT2D eigenvalue weighted by molar-refractivity contribution is 8.93. The average molecular weight is 253 g/mol. The van der Waals surface area contributed by atoms with Crippen LogP contribution in [0.3, 0.4) is 0 Å². The Labute approximate surface area is 91.9 Å². The molecule has 0 aliphatic rings. The highest BCUT2D eigenvalue weighted by Gasteiger charge is 2.05. The molecule has 2 aromatic carbocycles. The second-order valence-electron chi connectivity index (χ2n) is 2.83. The lowest BCUT2D eigenvalue weighted by atomic mass is 10.1. The number of carbonyl (C=O) groups is 1. The number of fused-ring (bicyclic) bond motifs is 1. The first-order valence-corrected chi connectivity index (χ1v) is 4.00. The monoisotopic (exact) mass is 252 g/mol. The van der Waals surface area contributed by atoms with Gasteiger partial charge in [-0.25, -0.2) is 4.79 Å². The molecule has 0 unspecified atom stereocenters. The highest BCUT2D eigenvalue weighted by atomic mass is 79.9. The van der Waals surface area contributed by atoms with E-state index in [1.54, 1.807) is 12.1 Å². The van der Waals surface area contributed by atoms with Gasteiger partial charge >= 0.3 is 5.97 Å². The third kappa shape index (κ3) is 1.77. The highest BCUT2D eigenvalue weighted by Crippen LogP contribution is 2.17. The normalized spacial score (nSPS) is 9.43. The summed E-state index contributed by atoms with van der Waals surface area (Å²) in [6.45, 7) is 0. The SMILES string of the molecule is Br.O=C(O)c1cccc2ccccc12. The van der Waals surface area contributed by atoms with E-state index in [0.717, 1.165) is 10.8 Å². The van der Waals surface area contributed by atoms with Gasteiger partial charge < -0.3 is 5.11 Å². The zero-order valence-electron chi connectivity index (χ0n) is 7.31. The Morgan fingerprint density at radius 3 is 2.36 bits per heavy atom. The maximum Gasteiger partial charge on any atom is 0.336 e. The summed E-state index contributed by atoms with van der Waals surface area (Å²) >= 11 is 0. The van der Waals surface area contributed by atoms with Gasteiger partial charge in [0.15, 0.2) is 0 Å². The van der Waals surface area contributed by atoms with E-state index < -0.39 is 5.97 Å². The van der Waals surface area contributed by atoms with Crippen LogP contribution in [0, 0.1) is 0 Å². The molecular weight excluding hydrogens is 244 g/mol. The summed E-state index contributed by atoms with van der Waals surface area (Å²) in [6, 6.07) is 12.7. The predicted molar refractivity (Wildman–Crippen MR) is 61.2 cm³/mol. The number of benzene rings is 2. The molecule has 0 saturated heterocycles. The zero-order valence-corrected chi connectivity index (χ0v) is 9.02. The van der Waals surface area contributed by atoms with Gasteiger partial charge in [-0.05, 0) is 16.8 Å². The van der Waals surface area contributed by atoms with Gasteiger partial charge in [0, 0.05) is 0 Å². The summed E-state index contributed by atoms with van der Waals surface area (Å²) in [6.07, 6.45) is 0. The van der Waals surface area contributed by atoms with Crippen LogP contribution >= 0.6 is 17.0 Å². The van der Waals surface area contributed by atoms with E-state index in [4.69, 9.17) is 5.11 Å². The molecule has 0 saturated carbocycles. The van der Waals surface area contributed by atoms with Crippen molar-refractivity contribution in [2.45, 2.75) is 0 Å². The molecule has 0 heterocycles. The minimum atomic E-state index is -0.878. The van der Waals surface area contributed by atoms with Gasteiger partial charge in [-0.1, -0.05) is 36.4 Å². The fourth-order valence-corrected chi connectivity index (χ4v) is 1.41. The van der Waals surface area contributed by atoms with Crippen molar-refractivity contribution in [3.8, 4) is 0 Å². The van der Waals surface area contributed by atoms with Crippen molar-refractivity contribution in [3.63, 3.8) is 0 Å². The van der Waals surface area contributed by atoms with Crippen molar-refractivity contribution in [2.75, 3.05) is 0 Å². The Morgan fingerprint density at radius 1 is 1.00 bits per heavy atom. The second-order valence-corrected chi connectivity index (χ2v) is 2.83. The Hall–Kier alpha value is -1.35. The molecule has 2 aromatic rings. The Morgan fingerprint density at radius 2 is 1.64 bits per heavy atom. The number of aromatic carboxylic acids is 1. The number of halogens is 1. The van der Waals surface area contributed by atoms with Crippen LogP contribution in [-0.4, -0.2) is 11.1 Å². The number of carboxylic acids is 1. The third-order valence-corrected chi connectivity index (χ3v) is 2.02. The quantitative estimate of drug-likeness (QED) is 0.847.